The molecule has 0 aliphatic heterocycles. The van der Waals surface area contributed by atoms with E-state index in [1.807, 2.05) is 30.3 Å². The van der Waals surface area contributed by atoms with E-state index in [0.29, 0.717) is 10.6 Å². The van der Waals surface area contributed by atoms with Gasteiger partial charge in [-0.2, -0.15) is 0 Å². The van der Waals surface area contributed by atoms with E-state index in [1.165, 1.54) is 12.1 Å². The molecule has 2 atom stereocenters. The number of carboxylic acid groups (broad SMARTS) is 1. The Hall–Kier alpha value is -2.18. The molecule has 0 saturated heterocycles. The number of aliphatic hydroxyl groups is 1. The minimum Gasteiger partial charge on any atom is -0.477 e. The van der Waals surface area contributed by atoms with E-state index in [-0.39, 0.29) is 27.9 Å². The molecule has 3 aromatic rings. The number of halogens is 2. The van der Waals surface area contributed by atoms with Crippen LogP contribution in [0.1, 0.15) is 38.4 Å². The van der Waals surface area contributed by atoms with Gasteiger partial charge in [-0.15, -0.1) is 11.3 Å². The predicted octanol–water partition coefficient (Wildman–Crippen LogP) is 6.02. The molecule has 4 nitrogen and oxygen atoms in total. The number of rotatable bonds is 7. The van der Waals surface area contributed by atoms with E-state index >= 15 is 0 Å². The SMILES string of the molecule is CC(CO)C(C(=O)c1ccc(Cl)cc1Cl)c1cc(-c2ccccc2)sc1C(=O)O. The summed E-state index contributed by atoms with van der Waals surface area (Å²) in [5.41, 5.74) is 1.47. The molecule has 0 aliphatic carbocycles. The summed E-state index contributed by atoms with van der Waals surface area (Å²) in [6.45, 7) is 1.43. The number of hydrogen-bond acceptors (Lipinski definition) is 4. The van der Waals surface area contributed by atoms with Crippen LogP contribution in [0.25, 0.3) is 10.4 Å². The molecule has 3 rings (SSSR count). The van der Waals surface area contributed by atoms with Crippen LogP contribution in [0.15, 0.2) is 54.6 Å². The zero-order valence-electron chi connectivity index (χ0n) is 15.4. The van der Waals surface area contributed by atoms with Gasteiger partial charge in [0.25, 0.3) is 0 Å². The molecule has 0 radical (unpaired) electrons. The van der Waals surface area contributed by atoms with Gasteiger partial charge in [-0.1, -0.05) is 60.5 Å². The van der Waals surface area contributed by atoms with Gasteiger partial charge in [0.2, 0.25) is 0 Å². The standard InChI is InChI=1S/C22H18Cl2O4S/c1-12(11-25)19(20(26)15-8-7-14(23)9-17(15)24)16-10-18(29-21(16)22(27)28)13-5-3-2-4-6-13/h2-10,12,19,25H,11H2,1H3,(H,27,28). The van der Waals surface area contributed by atoms with Crippen molar-refractivity contribution in [1.82, 2.24) is 0 Å². The van der Waals surface area contributed by atoms with Gasteiger partial charge in [-0.05, 0) is 41.3 Å². The smallest absolute Gasteiger partial charge is 0.346 e. The summed E-state index contributed by atoms with van der Waals surface area (Å²) in [6, 6.07) is 15.6. The first kappa shape index (κ1) is 21.5. The van der Waals surface area contributed by atoms with Crippen molar-refractivity contribution in [3.63, 3.8) is 0 Å². The second kappa shape index (κ2) is 9.09. The molecule has 2 aromatic carbocycles. The van der Waals surface area contributed by atoms with Crippen LogP contribution in [-0.2, 0) is 0 Å². The number of carbonyl (C=O) groups is 2. The van der Waals surface area contributed by atoms with Crippen molar-refractivity contribution in [2.75, 3.05) is 6.61 Å². The van der Waals surface area contributed by atoms with Crippen molar-refractivity contribution in [2.45, 2.75) is 12.8 Å². The molecule has 2 N–H and O–H groups in total. The predicted molar refractivity (Wildman–Crippen MR) is 116 cm³/mol. The van der Waals surface area contributed by atoms with Crippen LogP contribution in [-0.4, -0.2) is 28.6 Å². The summed E-state index contributed by atoms with van der Waals surface area (Å²) in [6.07, 6.45) is 0. The van der Waals surface area contributed by atoms with E-state index in [4.69, 9.17) is 23.2 Å². The fourth-order valence-corrected chi connectivity index (χ4v) is 4.77. The lowest BCUT2D eigenvalue weighted by Crippen LogP contribution is -2.24. The van der Waals surface area contributed by atoms with E-state index in [1.54, 1.807) is 19.1 Å². The third kappa shape index (κ3) is 4.54. The zero-order valence-corrected chi connectivity index (χ0v) is 17.8. The lowest BCUT2D eigenvalue weighted by molar-refractivity contribution is 0.0699. The highest BCUT2D eigenvalue weighted by molar-refractivity contribution is 7.17. The first-order valence-electron chi connectivity index (χ1n) is 8.86. The van der Waals surface area contributed by atoms with Gasteiger partial charge in [0.1, 0.15) is 4.88 Å². The number of Topliss-reactive ketones (excluding diaryl/α,β-unsaturated/α-hetero) is 1. The minimum absolute atomic E-state index is 0.0765. The zero-order chi connectivity index (χ0) is 21.1. The third-order valence-corrected chi connectivity index (χ3v) is 6.42. The average molecular weight is 449 g/mol. The van der Waals surface area contributed by atoms with Gasteiger partial charge in [-0.3, -0.25) is 4.79 Å². The first-order valence-corrected chi connectivity index (χ1v) is 10.4. The Morgan fingerprint density at radius 1 is 1.07 bits per heavy atom. The molecule has 0 amide bonds. The second-order valence-electron chi connectivity index (χ2n) is 6.69. The minimum atomic E-state index is -1.11. The molecule has 0 aliphatic rings. The van der Waals surface area contributed by atoms with Crippen molar-refractivity contribution < 1.29 is 19.8 Å². The number of aromatic carboxylic acids is 1. The quantitative estimate of drug-likeness (QED) is 0.433. The van der Waals surface area contributed by atoms with Crippen molar-refractivity contribution in [1.29, 1.82) is 0 Å². The van der Waals surface area contributed by atoms with Gasteiger partial charge in [0.05, 0.1) is 10.9 Å². The van der Waals surface area contributed by atoms with Gasteiger partial charge in [0, 0.05) is 22.1 Å². The topological polar surface area (TPSA) is 74.6 Å². The maximum Gasteiger partial charge on any atom is 0.346 e. The molecule has 0 bridgehead atoms. The number of benzene rings is 2. The Kier molecular flexibility index (Phi) is 6.75. The molecule has 29 heavy (non-hydrogen) atoms. The fraction of sp³-hybridized carbons (Fsp3) is 0.182. The summed E-state index contributed by atoms with van der Waals surface area (Å²) in [4.78, 5) is 26.1. The first-order chi connectivity index (χ1) is 13.8. The number of carboxylic acids is 1. The summed E-state index contributed by atoms with van der Waals surface area (Å²) in [5, 5.41) is 20.1. The van der Waals surface area contributed by atoms with Crippen LogP contribution in [0.5, 0.6) is 0 Å². The Morgan fingerprint density at radius 3 is 2.34 bits per heavy atom. The van der Waals surface area contributed by atoms with Crippen LogP contribution in [0.3, 0.4) is 0 Å². The molecule has 2 unspecified atom stereocenters. The maximum atomic E-state index is 13.4. The van der Waals surface area contributed by atoms with Crippen molar-refractivity contribution >= 4 is 46.3 Å². The molecule has 0 spiro atoms. The van der Waals surface area contributed by atoms with Crippen LogP contribution >= 0.6 is 34.5 Å². The highest BCUT2D eigenvalue weighted by Crippen LogP contribution is 2.40. The molecule has 0 fully saturated rings. The number of ketones is 1. The van der Waals surface area contributed by atoms with Gasteiger partial charge < -0.3 is 10.2 Å². The lowest BCUT2D eigenvalue weighted by Gasteiger charge is -2.22. The maximum absolute atomic E-state index is 13.4. The summed E-state index contributed by atoms with van der Waals surface area (Å²) < 4.78 is 0. The molecule has 0 saturated carbocycles. The summed E-state index contributed by atoms with van der Waals surface area (Å²) in [7, 11) is 0. The van der Waals surface area contributed by atoms with Crippen LogP contribution in [0.2, 0.25) is 10.0 Å². The van der Waals surface area contributed by atoms with Gasteiger partial charge in [-0.25, -0.2) is 4.79 Å². The normalized spacial score (nSPS) is 13.1. The molecule has 7 heteroatoms. The molecule has 1 heterocycles. The molecule has 1 aromatic heterocycles. The van der Waals surface area contributed by atoms with E-state index in [2.05, 4.69) is 0 Å². The monoisotopic (exact) mass is 448 g/mol. The average Bonchev–Trinajstić information content (AvgIpc) is 3.13. The van der Waals surface area contributed by atoms with Crippen LogP contribution < -0.4 is 0 Å². The fourth-order valence-electron chi connectivity index (χ4n) is 3.22. The summed E-state index contributed by atoms with van der Waals surface area (Å²) >= 11 is 13.3. The number of thiophene rings is 1. The van der Waals surface area contributed by atoms with Crippen molar-refractivity contribution in [2.24, 2.45) is 5.92 Å². The van der Waals surface area contributed by atoms with E-state index in [9.17, 15) is 19.8 Å². The van der Waals surface area contributed by atoms with E-state index < -0.39 is 17.8 Å². The Bertz CT molecular complexity index is 1050. The molecular formula is C22H18Cl2O4S. The third-order valence-electron chi connectivity index (χ3n) is 4.68. The second-order valence-corrected chi connectivity index (χ2v) is 8.59. The Balaban J connectivity index is 2.15. The summed E-state index contributed by atoms with van der Waals surface area (Å²) in [5.74, 6) is -2.84. The number of hydrogen-bond donors (Lipinski definition) is 2. The number of aliphatic hydroxyl groups excluding tert-OH is 1. The van der Waals surface area contributed by atoms with Gasteiger partial charge in [0.15, 0.2) is 5.78 Å². The Labute approximate surface area is 182 Å². The highest BCUT2D eigenvalue weighted by atomic mass is 35.5. The van der Waals surface area contributed by atoms with E-state index in [0.717, 1.165) is 21.8 Å². The lowest BCUT2D eigenvalue weighted by atomic mass is 9.81. The van der Waals surface area contributed by atoms with Crippen molar-refractivity contribution in [3.05, 3.63) is 80.6 Å². The highest BCUT2D eigenvalue weighted by Gasteiger charge is 2.33. The molecule has 150 valence electrons. The molecular weight excluding hydrogens is 431 g/mol. The van der Waals surface area contributed by atoms with Gasteiger partial charge >= 0.3 is 5.97 Å². The van der Waals surface area contributed by atoms with Crippen LogP contribution in [0.4, 0.5) is 0 Å². The van der Waals surface area contributed by atoms with Crippen molar-refractivity contribution in [3.8, 4) is 10.4 Å². The Morgan fingerprint density at radius 2 is 1.76 bits per heavy atom. The largest absolute Gasteiger partial charge is 0.477 e. The van der Waals surface area contributed by atoms with Crippen LogP contribution in [0, 0.1) is 5.92 Å². The number of carbonyl (C=O) groups excluding carboxylic acids is 1.